The number of carbonyl (C=O) groups excluding carboxylic acids is 1. The van der Waals surface area contributed by atoms with Crippen LogP contribution in [0.15, 0.2) is 12.4 Å². The van der Waals surface area contributed by atoms with Crippen LogP contribution in [-0.4, -0.2) is 29.2 Å². The first-order valence-corrected chi connectivity index (χ1v) is 3.98. The van der Waals surface area contributed by atoms with Gasteiger partial charge in [-0.15, -0.1) is 0 Å². The number of hydrogen-bond acceptors (Lipinski definition) is 3. The number of aromatic nitrogens is 2. The van der Waals surface area contributed by atoms with E-state index in [0.29, 0.717) is 12.1 Å². The van der Waals surface area contributed by atoms with Gasteiger partial charge in [0, 0.05) is 12.7 Å². The molecule has 0 saturated heterocycles. The van der Waals surface area contributed by atoms with E-state index < -0.39 is 0 Å². The largest absolute Gasteiger partial charge is 0.313 e. The molecule has 4 nitrogen and oxygen atoms in total. The third-order valence-corrected chi connectivity index (χ3v) is 1.62. The van der Waals surface area contributed by atoms with E-state index in [0.717, 1.165) is 6.54 Å². The fraction of sp³-hybridized carbons (Fsp3) is 0.500. The van der Waals surface area contributed by atoms with Crippen LogP contribution in [0.5, 0.6) is 0 Å². The maximum atomic E-state index is 11.3. The Balaban J connectivity index is 2.68. The van der Waals surface area contributed by atoms with Crippen LogP contribution in [0.3, 0.4) is 0 Å². The summed E-state index contributed by atoms with van der Waals surface area (Å²) in [4.78, 5) is 11.3. The van der Waals surface area contributed by atoms with Crippen molar-refractivity contribution in [3.8, 4) is 0 Å². The van der Waals surface area contributed by atoms with Gasteiger partial charge < -0.3 is 5.32 Å². The number of nitrogens with zero attached hydrogens (tertiary/aromatic N) is 2. The monoisotopic (exact) mass is 167 g/mol. The molecule has 1 aromatic heterocycles. The number of aryl methyl sites for hydroxylation is 1. The number of likely N-dealkylation sites (N-methyl/N-ethyl adjacent to an activating group) is 1. The zero-order chi connectivity index (χ0) is 8.97. The molecule has 0 aromatic carbocycles. The topological polar surface area (TPSA) is 46.9 Å². The molecule has 0 amide bonds. The summed E-state index contributed by atoms with van der Waals surface area (Å²) in [7, 11) is 1.75. The van der Waals surface area contributed by atoms with E-state index in [1.165, 1.54) is 0 Å². The van der Waals surface area contributed by atoms with Crippen LogP contribution in [0.2, 0.25) is 0 Å². The van der Waals surface area contributed by atoms with Crippen molar-refractivity contribution in [2.45, 2.75) is 13.5 Å². The zero-order valence-corrected chi connectivity index (χ0v) is 7.37. The Bertz CT molecular complexity index is 267. The lowest BCUT2D eigenvalue weighted by Gasteiger charge is -1.94. The third kappa shape index (κ3) is 1.92. The Labute approximate surface area is 71.6 Å². The number of carbonyl (C=O) groups is 1. The number of nitrogens with one attached hydrogen (secondary N) is 1. The minimum atomic E-state index is 0.0807. The van der Waals surface area contributed by atoms with Crippen LogP contribution < -0.4 is 5.32 Å². The first-order valence-electron chi connectivity index (χ1n) is 3.98. The maximum absolute atomic E-state index is 11.3. The lowest BCUT2D eigenvalue weighted by molar-refractivity contribution is 0.0993. The van der Waals surface area contributed by atoms with E-state index in [1.807, 2.05) is 6.92 Å². The van der Waals surface area contributed by atoms with Gasteiger partial charge in [0.15, 0.2) is 5.78 Å². The molecule has 1 aromatic rings. The van der Waals surface area contributed by atoms with Gasteiger partial charge in [-0.3, -0.25) is 9.48 Å². The van der Waals surface area contributed by atoms with Gasteiger partial charge in [0.25, 0.3) is 0 Å². The number of Topliss-reactive ketones (excluding diaryl/α,β-unsaturated/α-hetero) is 1. The van der Waals surface area contributed by atoms with E-state index >= 15 is 0 Å². The lowest BCUT2D eigenvalue weighted by Crippen LogP contribution is -2.18. The van der Waals surface area contributed by atoms with Crippen LogP contribution in [0, 0.1) is 0 Å². The van der Waals surface area contributed by atoms with Gasteiger partial charge in [-0.05, 0) is 14.0 Å². The highest BCUT2D eigenvalue weighted by Gasteiger charge is 2.05. The molecule has 66 valence electrons. The summed E-state index contributed by atoms with van der Waals surface area (Å²) < 4.78 is 1.74. The molecule has 0 unspecified atom stereocenters. The van der Waals surface area contributed by atoms with Gasteiger partial charge in [0.05, 0.1) is 18.3 Å². The minimum absolute atomic E-state index is 0.0807. The Kier molecular flexibility index (Phi) is 2.99. The van der Waals surface area contributed by atoms with Crippen LogP contribution >= 0.6 is 0 Å². The molecule has 1 N–H and O–H groups in total. The second kappa shape index (κ2) is 4.01. The summed E-state index contributed by atoms with van der Waals surface area (Å²) in [5, 5.41) is 6.81. The predicted octanol–water partition coefficient (Wildman–Crippen LogP) is 0.305. The lowest BCUT2D eigenvalue weighted by atomic mass is 10.2. The first-order chi connectivity index (χ1) is 5.77. The molecular formula is C8H13N3O. The molecule has 1 rings (SSSR count). The van der Waals surface area contributed by atoms with Crippen molar-refractivity contribution in [3.05, 3.63) is 18.0 Å². The van der Waals surface area contributed by atoms with Crippen LogP contribution in [-0.2, 0) is 6.54 Å². The average Bonchev–Trinajstić information content (AvgIpc) is 2.52. The van der Waals surface area contributed by atoms with E-state index in [-0.39, 0.29) is 5.78 Å². The molecular weight excluding hydrogens is 154 g/mol. The van der Waals surface area contributed by atoms with Gasteiger partial charge in [-0.1, -0.05) is 0 Å². The second-order valence-electron chi connectivity index (χ2n) is 2.54. The van der Waals surface area contributed by atoms with Gasteiger partial charge >= 0.3 is 0 Å². The Morgan fingerprint density at radius 1 is 1.75 bits per heavy atom. The maximum Gasteiger partial charge on any atom is 0.179 e. The standard InChI is InChI=1S/C8H13N3O/c1-3-11-6-7(4-10-11)8(12)5-9-2/h4,6,9H,3,5H2,1-2H3. The van der Waals surface area contributed by atoms with Gasteiger partial charge in [-0.2, -0.15) is 5.10 Å². The molecule has 1 heterocycles. The molecule has 0 spiro atoms. The molecule has 0 aliphatic carbocycles. The number of hydrogen-bond donors (Lipinski definition) is 1. The molecule has 4 heteroatoms. The number of ketones is 1. The number of rotatable bonds is 4. The molecule has 0 aliphatic rings. The van der Waals surface area contributed by atoms with E-state index in [4.69, 9.17) is 0 Å². The summed E-state index contributed by atoms with van der Waals surface area (Å²) in [6.07, 6.45) is 3.36. The Morgan fingerprint density at radius 3 is 3.00 bits per heavy atom. The van der Waals surface area contributed by atoms with Crippen LogP contribution in [0.1, 0.15) is 17.3 Å². The molecule has 12 heavy (non-hydrogen) atoms. The van der Waals surface area contributed by atoms with Gasteiger partial charge in [0.1, 0.15) is 0 Å². The highest BCUT2D eigenvalue weighted by Crippen LogP contribution is 1.97. The minimum Gasteiger partial charge on any atom is -0.313 e. The molecule has 0 radical (unpaired) electrons. The molecule has 0 fully saturated rings. The molecule has 0 saturated carbocycles. The van der Waals surface area contributed by atoms with E-state index in [1.54, 1.807) is 24.1 Å². The van der Waals surface area contributed by atoms with E-state index in [9.17, 15) is 4.79 Å². The van der Waals surface area contributed by atoms with Crippen molar-refractivity contribution in [1.82, 2.24) is 15.1 Å². The fourth-order valence-electron chi connectivity index (χ4n) is 0.943. The molecule has 0 bridgehead atoms. The fourth-order valence-corrected chi connectivity index (χ4v) is 0.943. The summed E-state index contributed by atoms with van der Waals surface area (Å²) in [6.45, 7) is 3.15. The van der Waals surface area contributed by atoms with Crippen molar-refractivity contribution in [1.29, 1.82) is 0 Å². The SMILES string of the molecule is CCn1cc(C(=O)CNC)cn1. The summed E-state index contributed by atoms with van der Waals surface area (Å²) in [5.74, 6) is 0.0807. The second-order valence-corrected chi connectivity index (χ2v) is 2.54. The van der Waals surface area contributed by atoms with Gasteiger partial charge in [-0.25, -0.2) is 0 Å². The Morgan fingerprint density at radius 2 is 2.50 bits per heavy atom. The predicted molar refractivity (Wildman–Crippen MR) is 46.2 cm³/mol. The van der Waals surface area contributed by atoms with Gasteiger partial charge in [0.2, 0.25) is 0 Å². The van der Waals surface area contributed by atoms with Crippen molar-refractivity contribution in [2.75, 3.05) is 13.6 Å². The van der Waals surface area contributed by atoms with Crippen molar-refractivity contribution < 1.29 is 4.79 Å². The van der Waals surface area contributed by atoms with Crippen molar-refractivity contribution >= 4 is 5.78 Å². The summed E-state index contributed by atoms with van der Waals surface area (Å²) in [6, 6.07) is 0. The highest BCUT2D eigenvalue weighted by molar-refractivity contribution is 5.97. The third-order valence-electron chi connectivity index (χ3n) is 1.62. The van der Waals surface area contributed by atoms with Crippen molar-refractivity contribution in [2.24, 2.45) is 0 Å². The highest BCUT2D eigenvalue weighted by atomic mass is 16.1. The summed E-state index contributed by atoms with van der Waals surface area (Å²) >= 11 is 0. The van der Waals surface area contributed by atoms with Crippen LogP contribution in [0.4, 0.5) is 0 Å². The molecule has 0 aliphatic heterocycles. The summed E-state index contributed by atoms with van der Waals surface area (Å²) in [5.41, 5.74) is 0.672. The molecule has 0 atom stereocenters. The zero-order valence-electron chi connectivity index (χ0n) is 7.37. The quantitative estimate of drug-likeness (QED) is 0.656. The average molecular weight is 167 g/mol. The van der Waals surface area contributed by atoms with E-state index in [2.05, 4.69) is 10.4 Å². The first kappa shape index (κ1) is 8.93. The van der Waals surface area contributed by atoms with Crippen molar-refractivity contribution in [3.63, 3.8) is 0 Å². The van der Waals surface area contributed by atoms with Crippen LogP contribution in [0.25, 0.3) is 0 Å². The normalized spacial score (nSPS) is 10.2. The Hall–Kier alpha value is -1.16. The smallest absolute Gasteiger partial charge is 0.179 e.